The van der Waals surface area contributed by atoms with Crippen molar-refractivity contribution >= 4 is 46.6 Å². The van der Waals surface area contributed by atoms with Gasteiger partial charge in [-0.1, -0.05) is 42.6 Å². The second kappa shape index (κ2) is 9.30. The summed E-state index contributed by atoms with van der Waals surface area (Å²) in [5, 5.41) is 6.04. The van der Waals surface area contributed by atoms with Crippen LogP contribution in [0.4, 0.5) is 16.2 Å². The van der Waals surface area contributed by atoms with Gasteiger partial charge in [0.25, 0.3) is 0 Å². The number of benzene rings is 2. The number of ether oxygens (including phenoxy) is 1. The van der Waals surface area contributed by atoms with Gasteiger partial charge in [-0.2, -0.15) is 0 Å². The molecule has 2 aromatic carbocycles. The average Bonchev–Trinajstić information content (AvgIpc) is 2.58. The highest BCUT2D eigenvalue weighted by Gasteiger charge is 2.09. The predicted octanol–water partition coefficient (Wildman–Crippen LogP) is 5.59. The first kappa shape index (κ1) is 19.1. The van der Waals surface area contributed by atoms with Crippen LogP contribution in [0, 0.1) is 0 Å². The smallest absolute Gasteiger partial charge is 0.338 e. The van der Waals surface area contributed by atoms with Crippen LogP contribution in [-0.4, -0.2) is 18.6 Å². The summed E-state index contributed by atoms with van der Waals surface area (Å²) < 4.78 is 5.15. The monoisotopic (exact) mass is 380 g/mol. The molecule has 0 unspecified atom stereocenters. The summed E-state index contributed by atoms with van der Waals surface area (Å²) >= 11 is 11.7. The molecule has 0 bridgehead atoms. The molecule has 2 aromatic rings. The largest absolute Gasteiger partial charge is 0.462 e. The van der Waals surface area contributed by atoms with Crippen LogP contribution in [-0.2, 0) is 4.74 Å². The number of anilines is 2. The van der Waals surface area contributed by atoms with E-state index in [1.54, 1.807) is 42.5 Å². The van der Waals surface area contributed by atoms with Gasteiger partial charge >= 0.3 is 12.0 Å². The maximum absolute atomic E-state index is 12.1. The first-order chi connectivity index (χ1) is 12.0. The lowest BCUT2D eigenvalue weighted by molar-refractivity contribution is 0.0500. The molecule has 0 saturated carbocycles. The van der Waals surface area contributed by atoms with E-state index in [1.165, 1.54) is 0 Å². The van der Waals surface area contributed by atoms with Gasteiger partial charge in [0.2, 0.25) is 0 Å². The number of urea groups is 1. The molecule has 0 saturated heterocycles. The molecular formula is C18H18Cl2N2O3. The lowest BCUT2D eigenvalue weighted by atomic mass is 10.2. The summed E-state index contributed by atoms with van der Waals surface area (Å²) in [5.41, 5.74) is 1.35. The van der Waals surface area contributed by atoms with E-state index in [0.29, 0.717) is 33.6 Å². The van der Waals surface area contributed by atoms with Crippen LogP contribution in [0.25, 0.3) is 0 Å². The van der Waals surface area contributed by atoms with Crippen molar-refractivity contribution in [1.29, 1.82) is 0 Å². The third-order valence-corrected chi connectivity index (χ3v) is 4.00. The highest BCUT2D eigenvalue weighted by molar-refractivity contribution is 6.42. The van der Waals surface area contributed by atoms with E-state index < -0.39 is 12.0 Å². The van der Waals surface area contributed by atoms with E-state index in [4.69, 9.17) is 27.9 Å². The van der Waals surface area contributed by atoms with E-state index in [2.05, 4.69) is 10.6 Å². The number of carbonyl (C=O) groups is 2. The number of esters is 1. The van der Waals surface area contributed by atoms with Gasteiger partial charge in [-0.05, 0) is 42.8 Å². The Morgan fingerprint density at radius 3 is 2.40 bits per heavy atom. The maximum Gasteiger partial charge on any atom is 0.338 e. The molecule has 0 aliphatic heterocycles. The van der Waals surface area contributed by atoms with Crippen LogP contribution in [0.15, 0.2) is 42.5 Å². The highest BCUT2D eigenvalue weighted by atomic mass is 35.5. The first-order valence-electron chi connectivity index (χ1n) is 7.80. The topological polar surface area (TPSA) is 67.4 Å². The van der Waals surface area contributed by atoms with E-state index in [1.807, 2.05) is 6.92 Å². The van der Waals surface area contributed by atoms with E-state index in [-0.39, 0.29) is 0 Å². The SMILES string of the molecule is CCCCOC(=O)c1cccc(NC(=O)Nc2ccc(Cl)c(Cl)c2)c1. The number of halogens is 2. The normalized spacial score (nSPS) is 10.2. The Morgan fingerprint density at radius 2 is 1.72 bits per heavy atom. The van der Waals surface area contributed by atoms with Crippen molar-refractivity contribution < 1.29 is 14.3 Å². The zero-order chi connectivity index (χ0) is 18.2. The van der Waals surface area contributed by atoms with E-state index >= 15 is 0 Å². The van der Waals surface area contributed by atoms with Crippen molar-refractivity contribution in [3.8, 4) is 0 Å². The Labute approximate surface area is 156 Å². The molecule has 0 fully saturated rings. The van der Waals surface area contributed by atoms with Crippen molar-refractivity contribution in [2.24, 2.45) is 0 Å². The fourth-order valence-electron chi connectivity index (χ4n) is 1.98. The molecule has 0 radical (unpaired) electrons. The molecule has 0 heterocycles. The van der Waals surface area contributed by atoms with Crippen LogP contribution in [0.2, 0.25) is 10.0 Å². The average molecular weight is 381 g/mol. The molecular weight excluding hydrogens is 363 g/mol. The number of hydrogen-bond donors (Lipinski definition) is 2. The first-order valence-corrected chi connectivity index (χ1v) is 8.55. The van der Waals surface area contributed by atoms with Crippen molar-refractivity contribution in [2.45, 2.75) is 19.8 Å². The Balaban J connectivity index is 1.97. The molecule has 0 aliphatic carbocycles. The molecule has 0 aromatic heterocycles. The van der Waals surface area contributed by atoms with Crippen molar-refractivity contribution in [2.75, 3.05) is 17.2 Å². The van der Waals surface area contributed by atoms with Crippen LogP contribution in [0.1, 0.15) is 30.1 Å². The second-order valence-corrected chi connectivity index (χ2v) is 6.09. The quantitative estimate of drug-likeness (QED) is 0.506. The predicted molar refractivity (Wildman–Crippen MR) is 101 cm³/mol. The van der Waals surface area contributed by atoms with Crippen LogP contribution in [0.3, 0.4) is 0 Å². The number of carbonyl (C=O) groups excluding carboxylic acids is 2. The third-order valence-electron chi connectivity index (χ3n) is 3.26. The number of hydrogen-bond acceptors (Lipinski definition) is 3. The van der Waals surface area contributed by atoms with Gasteiger partial charge < -0.3 is 15.4 Å². The minimum atomic E-state index is -0.463. The van der Waals surface area contributed by atoms with Gasteiger partial charge in [0.05, 0.1) is 22.2 Å². The summed E-state index contributed by atoms with van der Waals surface area (Å²) in [4.78, 5) is 24.0. The summed E-state index contributed by atoms with van der Waals surface area (Å²) in [6.45, 7) is 2.40. The second-order valence-electron chi connectivity index (χ2n) is 5.28. The minimum Gasteiger partial charge on any atom is -0.462 e. The standard InChI is InChI=1S/C18H18Cl2N2O3/c1-2-3-9-25-17(23)12-5-4-6-13(10-12)21-18(24)22-14-7-8-15(19)16(20)11-14/h4-8,10-11H,2-3,9H2,1H3,(H2,21,22,24). The van der Waals surface area contributed by atoms with Crippen molar-refractivity contribution in [1.82, 2.24) is 0 Å². The number of rotatable bonds is 6. The van der Waals surface area contributed by atoms with Gasteiger partial charge in [0.1, 0.15) is 0 Å². The van der Waals surface area contributed by atoms with Crippen molar-refractivity contribution in [3.63, 3.8) is 0 Å². The molecule has 2 rings (SSSR count). The number of amides is 2. The third kappa shape index (κ3) is 5.96. The molecule has 5 nitrogen and oxygen atoms in total. The fourth-order valence-corrected chi connectivity index (χ4v) is 2.28. The fraction of sp³-hybridized carbons (Fsp3) is 0.222. The molecule has 0 aliphatic rings. The lowest BCUT2D eigenvalue weighted by Crippen LogP contribution is -2.19. The molecule has 2 amide bonds. The number of unbranched alkanes of at least 4 members (excludes halogenated alkanes) is 1. The minimum absolute atomic E-state index is 0.344. The van der Waals surface area contributed by atoms with E-state index in [0.717, 1.165) is 12.8 Å². The van der Waals surface area contributed by atoms with Crippen LogP contribution < -0.4 is 10.6 Å². The van der Waals surface area contributed by atoms with Gasteiger partial charge in [-0.25, -0.2) is 9.59 Å². The molecule has 0 atom stereocenters. The number of nitrogens with one attached hydrogen (secondary N) is 2. The summed E-state index contributed by atoms with van der Waals surface area (Å²) in [5.74, 6) is -0.415. The van der Waals surface area contributed by atoms with Crippen LogP contribution in [0.5, 0.6) is 0 Å². The lowest BCUT2D eigenvalue weighted by Gasteiger charge is -2.10. The summed E-state index contributed by atoms with van der Waals surface area (Å²) in [7, 11) is 0. The van der Waals surface area contributed by atoms with Crippen molar-refractivity contribution in [3.05, 3.63) is 58.1 Å². The zero-order valence-electron chi connectivity index (χ0n) is 13.6. The molecule has 2 N–H and O–H groups in total. The highest BCUT2D eigenvalue weighted by Crippen LogP contribution is 2.25. The van der Waals surface area contributed by atoms with Gasteiger partial charge in [-0.15, -0.1) is 0 Å². The Morgan fingerprint density at radius 1 is 1.00 bits per heavy atom. The molecule has 7 heteroatoms. The molecule has 0 spiro atoms. The van der Waals surface area contributed by atoms with Gasteiger partial charge in [0.15, 0.2) is 0 Å². The molecule has 25 heavy (non-hydrogen) atoms. The summed E-state index contributed by atoms with van der Waals surface area (Å²) in [6, 6.07) is 10.9. The molecule has 132 valence electrons. The van der Waals surface area contributed by atoms with Gasteiger partial charge in [-0.3, -0.25) is 0 Å². The van der Waals surface area contributed by atoms with Crippen LogP contribution >= 0.6 is 23.2 Å². The zero-order valence-corrected chi connectivity index (χ0v) is 15.2. The van der Waals surface area contributed by atoms with E-state index in [9.17, 15) is 9.59 Å². The summed E-state index contributed by atoms with van der Waals surface area (Å²) in [6.07, 6.45) is 1.76. The maximum atomic E-state index is 12.1. The Hall–Kier alpha value is -2.24. The Bertz CT molecular complexity index is 766. The van der Waals surface area contributed by atoms with Gasteiger partial charge in [0, 0.05) is 11.4 Å². The Kier molecular flexibility index (Phi) is 7.10.